The first-order valence-electron chi connectivity index (χ1n) is 4.66. The molecule has 0 bridgehead atoms. The van der Waals surface area contributed by atoms with Gasteiger partial charge in [0.1, 0.15) is 10.3 Å². The summed E-state index contributed by atoms with van der Waals surface area (Å²) in [6.07, 6.45) is -4.25. The SMILES string of the molecule is FC(F)(F)C(Br)CSc1nc2ccccc2o1. The molecule has 0 aliphatic heterocycles. The summed E-state index contributed by atoms with van der Waals surface area (Å²) in [5.41, 5.74) is 1.22. The van der Waals surface area contributed by atoms with Gasteiger partial charge in [-0.25, -0.2) is 4.98 Å². The highest BCUT2D eigenvalue weighted by Crippen LogP contribution is 2.32. The Balaban J connectivity index is 2.04. The number of oxazole rings is 1. The van der Waals surface area contributed by atoms with E-state index < -0.39 is 11.0 Å². The zero-order valence-electron chi connectivity index (χ0n) is 8.37. The summed E-state index contributed by atoms with van der Waals surface area (Å²) in [6.45, 7) is 0. The topological polar surface area (TPSA) is 26.0 Å². The van der Waals surface area contributed by atoms with E-state index in [4.69, 9.17) is 4.42 Å². The highest BCUT2D eigenvalue weighted by Gasteiger charge is 2.37. The maximum absolute atomic E-state index is 12.2. The molecule has 1 unspecified atom stereocenters. The van der Waals surface area contributed by atoms with Crippen LogP contribution in [0.3, 0.4) is 0 Å². The minimum Gasteiger partial charge on any atom is -0.431 e. The van der Waals surface area contributed by atoms with E-state index in [1.807, 2.05) is 0 Å². The largest absolute Gasteiger partial charge is 0.431 e. The standard InChI is InChI=1S/C10H7BrF3NOS/c11-8(10(12,13)14)5-17-9-15-6-3-1-2-4-7(6)16-9/h1-4,8H,5H2. The Bertz CT molecular complexity index is 480. The fourth-order valence-corrected chi connectivity index (χ4v) is 2.34. The predicted molar refractivity (Wildman–Crippen MR) is 63.5 cm³/mol. The Hall–Kier alpha value is -0.690. The summed E-state index contributed by atoms with van der Waals surface area (Å²) in [5, 5.41) is 0.250. The second-order valence-corrected chi connectivity index (χ2v) is 5.34. The quantitative estimate of drug-likeness (QED) is 0.623. The predicted octanol–water partition coefficient (Wildman–Crippen LogP) is 4.25. The lowest BCUT2D eigenvalue weighted by atomic mass is 10.3. The van der Waals surface area contributed by atoms with Crippen LogP contribution in [0.4, 0.5) is 13.2 Å². The maximum Gasteiger partial charge on any atom is 0.402 e. The van der Waals surface area contributed by atoms with Gasteiger partial charge in [0.15, 0.2) is 5.58 Å². The van der Waals surface area contributed by atoms with E-state index in [1.54, 1.807) is 24.3 Å². The van der Waals surface area contributed by atoms with Crippen LogP contribution in [0.1, 0.15) is 0 Å². The Labute approximate surface area is 108 Å². The van der Waals surface area contributed by atoms with Crippen LogP contribution >= 0.6 is 27.7 Å². The number of aromatic nitrogens is 1. The summed E-state index contributed by atoms with van der Waals surface area (Å²) in [7, 11) is 0. The molecule has 0 saturated heterocycles. The monoisotopic (exact) mass is 325 g/mol. The number of halogens is 4. The number of thioether (sulfide) groups is 1. The van der Waals surface area contributed by atoms with Crippen LogP contribution in [-0.2, 0) is 0 Å². The van der Waals surface area contributed by atoms with Crippen LogP contribution in [0.2, 0.25) is 0 Å². The van der Waals surface area contributed by atoms with Crippen LogP contribution in [0.15, 0.2) is 33.9 Å². The molecule has 0 aliphatic carbocycles. The molecular weight excluding hydrogens is 319 g/mol. The Morgan fingerprint density at radius 1 is 1.35 bits per heavy atom. The Morgan fingerprint density at radius 3 is 2.71 bits per heavy atom. The minimum atomic E-state index is -4.25. The fourth-order valence-electron chi connectivity index (χ4n) is 1.15. The first-order chi connectivity index (χ1) is 7.97. The van der Waals surface area contributed by atoms with E-state index in [0.717, 1.165) is 11.8 Å². The van der Waals surface area contributed by atoms with Crippen molar-refractivity contribution in [1.82, 2.24) is 4.98 Å². The highest BCUT2D eigenvalue weighted by atomic mass is 79.9. The molecule has 2 aromatic rings. The first-order valence-corrected chi connectivity index (χ1v) is 6.56. The number of hydrogen-bond donors (Lipinski definition) is 0. The summed E-state index contributed by atoms with van der Waals surface area (Å²) >= 11 is 3.52. The van der Waals surface area contributed by atoms with Crippen molar-refractivity contribution < 1.29 is 17.6 Å². The van der Waals surface area contributed by atoms with Crippen molar-refractivity contribution in [3.8, 4) is 0 Å². The molecule has 0 N–H and O–H groups in total. The summed E-state index contributed by atoms with van der Waals surface area (Å²) < 4.78 is 42.0. The molecular formula is C10H7BrF3NOS. The molecule has 2 nitrogen and oxygen atoms in total. The van der Waals surface area contributed by atoms with E-state index in [0.29, 0.717) is 11.1 Å². The highest BCUT2D eigenvalue weighted by molar-refractivity contribution is 9.09. The van der Waals surface area contributed by atoms with Crippen molar-refractivity contribution in [1.29, 1.82) is 0 Å². The number of nitrogens with zero attached hydrogens (tertiary/aromatic N) is 1. The molecule has 0 amide bonds. The van der Waals surface area contributed by atoms with E-state index in [9.17, 15) is 13.2 Å². The third-order valence-corrected chi connectivity index (χ3v) is 4.18. The van der Waals surface area contributed by atoms with Crippen LogP contribution in [-0.4, -0.2) is 21.7 Å². The average Bonchev–Trinajstić information content (AvgIpc) is 2.66. The molecule has 0 saturated carbocycles. The molecule has 1 heterocycles. The van der Waals surface area contributed by atoms with Gasteiger partial charge in [0, 0.05) is 5.75 Å². The molecule has 7 heteroatoms. The van der Waals surface area contributed by atoms with Crippen LogP contribution < -0.4 is 0 Å². The average molecular weight is 326 g/mol. The molecule has 1 atom stereocenters. The van der Waals surface area contributed by atoms with Gasteiger partial charge in [0.05, 0.1) is 0 Å². The Morgan fingerprint density at radius 2 is 2.06 bits per heavy atom. The number of rotatable bonds is 3. The van der Waals surface area contributed by atoms with E-state index in [-0.39, 0.29) is 11.0 Å². The molecule has 92 valence electrons. The van der Waals surface area contributed by atoms with Crippen molar-refractivity contribution >= 4 is 38.8 Å². The third kappa shape index (κ3) is 3.16. The number of fused-ring (bicyclic) bond motifs is 1. The number of benzene rings is 1. The van der Waals surface area contributed by atoms with E-state index in [1.165, 1.54) is 0 Å². The van der Waals surface area contributed by atoms with Crippen molar-refractivity contribution in [2.45, 2.75) is 16.2 Å². The van der Waals surface area contributed by atoms with Gasteiger partial charge in [-0.2, -0.15) is 13.2 Å². The number of para-hydroxylation sites is 2. The first kappa shape index (κ1) is 12.8. The van der Waals surface area contributed by atoms with E-state index in [2.05, 4.69) is 20.9 Å². The molecule has 1 aromatic heterocycles. The third-order valence-electron chi connectivity index (χ3n) is 1.98. The zero-order valence-corrected chi connectivity index (χ0v) is 10.8. The van der Waals surface area contributed by atoms with Crippen molar-refractivity contribution in [2.24, 2.45) is 0 Å². The molecule has 0 fully saturated rings. The van der Waals surface area contributed by atoms with Gasteiger partial charge in [0.2, 0.25) is 0 Å². The summed E-state index contributed by atoms with van der Waals surface area (Å²) in [4.78, 5) is 2.51. The van der Waals surface area contributed by atoms with Gasteiger partial charge in [-0.05, 0) is 12.1 Å². The zero-order chi connectivity index (χ0) is 12.5. The summed E-state index contributed by atoms with van der Waals surface area (Å²) in [6, 6.07) is 7.05. The number of alkyl halides is 4. The van der Waals surface area contributed by atoms with Crippen LogP contribution in [0, 0.1) is 0 Å². The van der Waals surface area contributed by atoms with Gasteiger partial charge < -0.3 is 4.42 Å². The minimum absolute atomic E-state index is 0.170. The summed E-state index contributed by atoms with van der Waals surface area (Å²) in [5.74, 6) is -0.170. The van der Waals surface area contributed by atoms with Gasteiger partial charge in [-0.3, -0.25) is 0 Å². The Kier molecular flexibility index (Phi) is 3.67. The smallest absolute Gasteiger partial charge is 0.402 e. The van der Waals surface area contributed by atoms with E-state index >= 15 is 0 Å². The fraction of sp³-hybridized carbons (Fsp3) is 0.300. The van der Waals surface area contributed by atoms with Gasteiger partial charge >= 0.3 is 6.18 Å². The lowest BCUT2D eigenvalue weighted by Gasteiger charge is -2.11. The van der Waals surface area contributed by atoms with Crippen molar-refractivity contribution in [3.63, 3.8) is 0 Å². The molecule has 0 radical (unpaired) electrons. The van der Waals surface area contributed by atoms with Crippen LogP contribution in [0.25, 0.3) is 11.1 Å². The molecule has 0 spiro atoms. The molecule has 1 aromatic carbocycles. The van der Waals surface area contributed by atoms with Crippen molar-refractivity contribution in [2.75, 3.05) is 5.75 Å². The lowest BCUT2D eigenvalue weighted by molar-refractivity contribution is -0.122. The van der Waals surface area contributed by atoms with Gasteiger partial charge in [0.25, 0.3) is 5.22 Å². The van der Waals surface area contributed by atoms with Crippen molar-refractivity contribution in [3.05, 3.63) is 24.3 Å². The second kappa shape index (κ2) is 4.89. The molecule has 17 heavy (non-hydrogen) atoms. The molecule has 0 aliphatic rings. The lowest BCUT2D eigenvalue weighted by Crippen LogP contribution is -2.24. The second-order valence-electron chi connectivity index (χ2n) is 3.27. The number of hydrogen-bond acceptors (Lipinski definition) is 3. The van der Waals surface area contributed by atoms with Gasteiger partial charge in [-0.1, -0.05) is 39.8 Å². The van der Waals surface area contributed by atoms with Gasteiger partial charge in [-0.15, -0.1) is 0 Å². The normalized spacial score (nSPS) is 14.1. The van der Waals surface area contributed by atoms with Crippen LogP contribution in [0.5, 0.6) is 0 Å². The molecule has 2 rings (SSSR count). The maximum atomic E-state index is 12.2.